The monoisotopic (exact) mass is 207 g/mol. The lowest BCUT2D eigenvalue weighted by Gasteiger charge is -2.07. The molecule has 2 rings (SSSR count). The Morgan fingerprint density at radius 1 is 1.00 bits per heavy atom. The van der Waals surface area contributed by atoms with E-state index in [0.717, 1.165) is 6.07 Å². The summed E-state index contributed by atoms with van der Waals surface area (Å²) in [5, 5.41) is 28.3. The van der Waals surface area contributed by atoms with Gasteiger partial charge in [-0.25, -0.2) is 0 Å². The van der Waals surface area contributed by atoms with E-state index in [-0.39, 0.29) is 22.8 Å². The van der Waals surface area contributed by atoms with Crippen molar-refractivity contribution in [3.05, 3.63) is 28.6 Å². The largest absolute Gasteiger partial charge is 0.507 e. The third kappa shape index (κ3) is 1.28. The Bertz CT molecular complexity index is 600. The van der Waals surface area contributed by atoms with Gasteiger partial charge in [-0.2, -0.15) is 0 Å². The van der Waals surface area contributed by atoms with Crippen LogP contribution in [0.2, 0.25) is 0 Å². The second-order valence-corrected chi connectivity index (χ2v) is 3.28. The highest BCUT2D eigenvalue weighted by Crippen LogP contribution is 2.32. The predicted molar refractivity (Wildman–Crippen MR) is 54.2 cm³/mol. The van der Waals surface area contributed by atoms with Crippen molar-refractivity contribution >= 4 is 10.9 Å². The van der Waals surface area contributed by atoms with Crippen LogP contribution in [-0.4, -0.2) is 19.9 Å². The fourth-order valence-electron chi connectivity index (χ4n) is 1.46. The zero-order valence-corrected chi connectivity index (χ0v) is 7.93. The Kier molecular flexibility index (Phi) is 1.82. The minimum Gasteiger partial charge on any atom is -0.507 e. The van der Waals surface area contributed by atoms with Crippen LogP contribution in [0.5, 0.6) is 17.2 Å². The third-order valence-electron chi connectivity index (χ3n) is 2.32. The van der Waals surface area contributed by atoms with Crippen molar-refractivity contribution in [3.8, 4) is 17.2 Å². The molecule has 1 aromatic heterocycles. The highest BCUT2D eigenvalue weighted by atomic mass is 16.3. The van der Waals surface area contributed by atoms with E-state index >= 15 is 0 Å². The molecule has 0 amide bonds. The van der Waals surface area contributed by atoms with Crippen molar-refractivity contribution in [3.63, 3.8) is 0 Å². The lowest BCUT2D eigenvalue weighted by atomic mass is 10.1. The van der Waals surface area contributed by atoms with E-state index in [9.17, 15) is 20.1 Å². The quantitative estimate of drug-likeness (QED) is 0.554. The molecule has 15 heavy (non-hydrogen) atoms. The maximum atomic E-state index is 11.3. The highest BCUT2D eigenvalue weighted by molar-refractivity contribution is 5.88. The van der Waals surface area contributed by atoms with Crippen molar-refractivity contribution in [1.29, 1.82) is 0 Å². The topological polar surface area (TPSA) is 82.7 Å². The lowest BCUT2D eigenvalue weighted by Crippen LogP contribution is -2.15. The van der Waals surface area contributed by atoms with Crippen LogP contribution in [0.25, 0.3) is 10.9 Å². The minimum absolute atomic E-state index is 0.219. The molecule has 0 atom stereocenters. The predicted octanol–water partition coefficient (Wildman–Crippen LogP) is 0.655. The maximum absolute atomic E-state index is 11.3. The first-order valence-electron chi connectivity index (χ1n) is 4.25. The molecule has 2 aromatic rings. The second kappa shape index (κ2) is 2.91. The van der Waals surface area contributed by atoms with E-state index in [2.05, 4.69) is 0 Å². The number of aryl methyl sites for hydroxylation is 1. The summed E-state index contributed by atoms with van der Waals surface area (Å²) in [6.07, 6.45) is 0. The molecule has 0 saturated heterocycles. The molecule has 0 radical (unpaired) electrons. The first-order chi connectivity index (χ1) is 7.00. The number of nitrogens with zero attached hydrogens (tertiary/aromatic N) is 1. The van der Waals surface area contributed by atoms with Crippen LogP contribution in [0.3, 0.4) is 0 Å². The molecule has 5 nitrogen and oxygen atoms in total. The number of benzene rings is 1. The Morgan fingerprint density at radius 2 is 1.60 bits per heavy atom. The number of pyridine rings is 1. The van der Waals surface area contributed by atoms with E-state index in [1.807, 2.05) is 0 Å². The first kappa shape index (κ1) is 9.39. The van der Waals surface area contributed by atoms with E-state index in [1.165, 1.54) is 23.7 Å². The zero-order valence-electron chi connectivity index (χ0n) is 7.93. The summed E-state index contributed by atoms with van der Waals surface area (Å²) >= 11 is 0. The summed E-state index contributed by atoms with van der Waals surface area (Å²) in [6.45, 7) is 0. The summed E-state index contributed by atoms with van der Waals surface area (Å²) in [5.41, 5.74) is -0.0274. The maximum Gasteiger partial charge on any atom is 0.254 e. The number of hydrogen-bond acceptors (Lipinski definition) is 4. The molecular weight excluding hydrogens is 198 g/mol. The van der Waals surface area contributed by atoms with Crippen molar-refractivity contribution < 1.29 is 15.3 Å². The van der Waals surface area contributed by atoms with Crippen LogP contribution >= 0.6 is 0 Å². The van der Waals surface area contributed by atoms with Gasteiger partial charge in [0, 0.05) is 24.6 Å². The normalized spacial score (nSPS) is 10.7. The standard InChI is InChI=1S/C10H9NO4/c1-11-6-3-9(14)8(13)2-5(6)7(12)4-10(11)15/h2-4,12-14H,1H3. The Balaban J connectivity index is 3.04. The van der Waals surface area contributed by atoms with E-state index < -0.39 is 0 Å². The molecule has 1 heterocycles. The molecule has 0 bridgehead atoms. The van der Waals surface area contributed by atoms with Crippen LogP contribution in [-0.2, 0) is 7.05 Å². The van der Waals surface area contributed by atoms with Gasteiger partial charge < -0.3 is 19.9 Å². The average Bonchev–Trinajstić information content (AvgIpc) is 2.18. The van der Waals surface area contributed by atoms with Gasteiger partial charge in [-0.05, 0) is 6.07 Å². The van der Waals surface area contributed by atoms with Gasteiger partial charge in [0.1, 0.15) is 5.75 Å². The molecule has 78 valence electrons. The first-order valence-corrected chi connectivity index (χ1v) is 4.25. The summed E-state index contributed by atoms with van der Waals surface area (Å²) < 4.78 is 1.27. The molecule has 0 fully saturated rings. The number of aromatic hydroxyl groups is 3. The number of hydrogen-bond donors (Lipinski definition) is 3. The average molecular weight is 207 g/mol. The van der Waals surface area contributed by atoms with Crippen molar-refractivity contribution in [2.75, 3.05) is 0 Å². The van der Waals surface area contributed by atoms with Crippen molar-refractivity contribution in [2.45, 2.75) is 0 Å². The second-order valence-electron chi connectivity index (χ2n) is 3.28. The molecule has 0 aliphatic heterocycles. The van der Waals surface area contributed by atoms with Gasteiger partial charge in [0.25, 0.3) is 5.56 Å². The third-order valence-corrected chi connectivity index (χ3v) is 2.32. The molecule has 0 unspecified atom stereocenters. The molecule has 0 aliphatic rings. The minimum atomic E-state index is -0.384. The number of aromatic nitrogens is 1. The molecule has 0 spiro atoms. The highest BCUT2D eigenvalue weighted by Gasteiger charge is 2.09. The molecule has 0 saturated carbocycles. The molecule has 3 N–H and O–H groups in total. The molecule has 5 heteroatoms. The van der Waals surface area contributed by atoms with Gasteiger partial charge in [0.05, 0.1) is 5.52 Å². The Morgan fingerprint density at radius 3 is 2.27 bits per heavy atom. The summed E-state index contributed by atoms with van der Waals surface area (Å²) in [4.78, 5) is 11.3. The summed E-state index contributed by atoms with van der Waals surface area (Å²) in [6, 6.07) is 3.49. The molecule has 0 aliphatic carbocycles. The smallest absolute Gasteiger partial charge is 0.254 e. The van der Waals surface area contributed by atoms with E-state index in [1.54, 1.807) is 0 Å². The van der Waals surface area contributed by atoms with Gasteiger partial charge in [0.2, 0.25) is 0 Å². The van der Waals surface area contributed by atoms with Gasteiger partial charge >= 0.3 is 0 Å². The molecular formula is C10H9NO4. The fourth-order valence-corrected chi connectivity index (χ4v) is 1.46. The zero-order chi connectivity index (χ0) is 11.2. The Labute approximate surface area is 84.5 Å². The van der Waals surface area contributed by atoms with Crippen LogP contribution < -0.4 is 5.56 Å². The van der Waals surface area contributed by atoms with Crippen LogP contribution in [0.4, 0.5) is 0 Å². The van der Waals surface area contributed by atoms with Gasteiger partial charge in [-0.1, -0.05) is 0 Å². The van der Waals surface area contributed by atoms with Gasteiger partial charge in [-0.15, -0.1) is 0 Å². The number of fused-ring (bicyclic) bond motifs is 1. The fraction of sp³-hybridized carbons (Fsp3) is 0.100. The van der Waals surface area contributed by atoms with Gasteiger partial charge in [0.15, 0.2) is 11.5 Å². The molecule has 1 aromatic carbocycles. The van der Waals surface area contributed by atoms with Crippen LogP contribution in [0.1, 0.15) is 0 Å². The number of rotatable bonds is 0. The van der Waals surface area contributed by atoms with Crippen LogP contribution in [0.15, 0.2) is 23.0 Å². The van der Waals surface area contributed by atoms with E-state index in [4.69, 9.17) is 0 Å². The summed E-state index contributed by atoms with van der Waals surface area (Å²) in [5.74, 6) is -0.886. The van der Waals surface area contributed by atoms with Crippen molar-refractivity contribution in [1.82, 2.24) is 4.57 Å². The van der Waals surface area contributed by atoms with E-state index in [0.29, 0.717) is 10.9 Å². The SMILES string of the molecule is Cn1c(=O)cc(O)c2cc(O)c(O)cc21. The number of phenols is 2. The Hall–Kier alpha value is -2.17. The van der Waals surface area contributed by atoms with Crippen molar-refractivity contribution in [2.24, 2.45) is 7.05 Å². The lowest BCUT2D eigenvalue weighted by molar-refractivity contribution is 0.404. The summed E-state index contributed by atoms with van der Waals surface area (Å²) in [7, 11) is 1.51. The number of phenolic OH excluding ortho intramolecular Hbond substituents is 2. The van der Waals surface area contributed by atoms with Crippen LogP contribution in [0, 0.1) is 0 Å². The van der Waals surface area contributed by atoms with Gasteiger partial charge in [-0.3, -0.25) is 4.79 Å².